The van der Waals surface area contributed by atoms with E-state index in [1.54, 1.807) is 6.26 Å². The van der Waals surface area contributed by atoms with Gasteiger partial charge in [-0.15, -0.1) is 0 Å². The first-order valence-corrected chi connectivity index (χ1v) is 7.76. The summed E-state index contributed by atoms with van der Waals surface area (Å²) in [7, 11) is 0. The van der Waals surface area contributed by atoms with Gasteiger partial charge in [0.2, 0.25) is 0 Å². The van der Waals surface area contributed by atoms with Crippen LogP contribution in [0.4, 0.5) is 0 Å². The Bertz CT molecular complexity index is 862. The topological polar surface area (TPSA) is 67.3 Å². The summed E-state index contributed by atoms with van der Waals surface area (Å²) in [5, 5.41) is 4.77. The predicted octanol–water partition coefficient (Wildman–Crippen LogP) is 3.06. The molecule has 0 aliphatic carbocycles. The van der Waals surface area contributed by atoms with E-state index >= 15 is 0 Å². The van der Waals surface area contributed by atoms with Crippen molar-refractivity contribution in [3.8, 4) is 0 Å². The van der Waals surface area contributed by atoms with E-state index in [0.717, 1.165) is 35.5 Å². The highest BCUT2D eigenvalue weighted by Crippen LogP contribution is 2.35. The van der Waals surface area contributed by atoms with Crippen LogP contribution in [0.3, 0.4) is 0 Å². The molecule has 1 aliphatic heterocycles. The zero-order valence-electron chi connectivity index (χ0n) is 12.9. The van der Waals surface area contributed by atoms with Crippen molar-refractivity contribution in [2.45, 2.75) is 26.0 Å². The number of aromatic amines is 1. The summed E-state index contributed by atoms with van der Waals surface area (Å²) in [6.07, 6.45) is 2.63. The molecule has 2 aromatic heterocycles. The number of carbonyl (C=O) groups excluding carboxylic acids is 1. The number of rotatable bonds is 3. The van der Waals surface area contributed by atoms with Gasteiger partial charge in [-0.1, -0.05) is 18.2 Å². The standard InChI is InChI=1S/C18H18N2O3/c1-11(21)23-10-12-7-9-22-18(12)17-16-14(6-8-19-17)13-4-2-3-5-15(13)20-16/h2-5,7,9,17,19-20H,6,8,10H2,1H3. The summed E-state index contributed by atoms with van der Waals surface area (Å²) in [6, 6.07) is 10.1. The number of nitrogens with one attached hydrogen (secondary N) is 2. The molecule has 23 heavy (non-hydrogen) atoms. The minimum Gasteiger partial charge on any atom is -0.467 e. The van der Waals surface area contributed by atoms with Crippen LogP contribution in [0.25, 0.3) is 10.9 Å². The maximum Gasteiger partial charge on any atom is 0.302 e. The van der Waals surface area contributed by atoms with Crippen LogP contribution in [-0.2, 0) is 22.6 Å². The van der Waals surface area contributed by atoms with E-state index in [-0.39, 0.29) is 18.6 Å². The van der Waals surface area contributed by atoms with E-state index in [9.17, 15) is 4.79 Å². The zero-order chi connectivity index (χ0) is 15.8. The maximum atomic E-state index is 11.1. The van der Waals surface area contributed by atoms with Gasteiger partial charge in [-0.2, -0.15) is 0 Å². The van der Waals surface area contributed by atoms with Crippen LogP contribution in [0, 0.1) is 0 Å². The third-order valence-corrected chi connectivity index (χ3v) is 4.33. The molecule has 0 spiro atoms. The molecule has 5 heteroatoms. The first kappa shape index (κ1) is 14.1. The van der Waals surface area contributed by atoms with Gasteiger partial charge >= 0.3 is 5.97 Å². The molecule has 118 valence electrons. The molecule has 1 unspecified atom stereocenters. The van der Waals surface area contributed by atoms with E-state index in [2.05, 4.69) is 28.5 Å². The van der Waals surface area contributed by atoms with Gasteiger partial charge in [-0.3, -0.25) is 4.79 Å². The van der Waals surface area contributed by atoms with Crippen LogP contribution in [0.2, 0.25) is 0 Å². The van der Waals surface area contributed by atoms with Crippen molar-refractivity contribution in [2.24, 2.45) is 0 Å². The summed E-state index contributed by atoms with van der Waals surface area (Å²) in [5.41, 5.74) is 4.50. The Morgan fingerprint density at radius 1 is 1.35 bits per heavy atom. The van der Waals surface area contributed by atoms with Crippen LogP contribution in [-0.4, -0.2) is 17.5 Å². The van der Waals surface area contributed by atoms with Gasteiger partial charge in [0.25, 0.3) is 0 Å². The Morgan fingerprint density at radius 2 is 2.22 bits per heavy atom. The van der Waals surface area contributed by atoms with Gasteiger partial charge in [0.15, 0.2) is 0 Å². The Labute approximate surface area is 133 Å². The number of furan rings is 1. The average molecular weight is 310 g/mol. The van der Waals surface area contributed by atoms with Gasteiger partial charge in [0.1, 0.15) is 18.4 Å². The number of H-pyrrole nitrogens is 1. The molecule has 5 nitrogen and oxygen atoms in total. The molecule has 0 amide bonds. The van der Waals surface area contributed by atoms with E-state index in [0.29, 0.717) is 0 Å². The smallest absolute Gasteiger partial charge is 0.302 e. The van der Waals surface area contributed by atoms with E-state index in [1.807, 2.05) is 12.1 Å². The SMILES string of the molecule is CC(=O)OCc1ccoc1C1NCCc2c1[nH]c1ccccc21. The van der Waals surface area contributed by atoms with Gasteiger partial charge in [-0.25, -0.2) is 0 Å². The third kappa shape index (κ3) is 2.43. The molecule has 4 rings (SSSR count). The van der Waals surface area contributed by atoms with E-state index < -0.39 is 0 Å². The first-order chi connectivity index (χ1) is 11.2. The summed E-state index contributed by atoms with van der Waals surface area (Å²) < 4.78 is 10.8. The lowest BCUT2D eigenvalue weighted by atomic mass is 9.96. The predicted molar refractivity (Wildman–Crippen MR) is 86.0 cm³/mol. The molecule has 2 N–H and O–H groups in total. The van der Waals surface area contributed by atoms with E-state index in [1.165, 1.54) is 17.9 Å². The zero-order valence-corrected chi connectivity index (χ0v) is 12.9. The van der Waals surface area contributed by atoms with Gasteiger partial charge in [0, 0.05) is 35.6 Å². The molecule has 1 atom stereocenters. The van der Waals surface area contributed by atoms with Crippen molar-refractivity contribution < 1.29 is 13.9 Å². The molecule has 0 bridgehead atoms. The number of hydrogen-bond acceptors (Lipinski definition) is 4. The van der Waals surface area contributed by atoms with Crippen molar-refractivity contribution in [1.82, 2.24) is 10.3 Å². The number of ether oxygens (including phenoxy) is 1. The largest absolute Gasteiger partial charge is 0.467 e. The van der Waals surface area contributed by atoms with Crippen molar-refractivity contribution in [3.63, 3.8) is 0 Å². The fraction of sp³-hybridized carbons (Fsp3) is 0.278. The highest BCUT2D eigenvalue weighted by molar-refractivity contribution is 5.85. The average Bonchev–Trinajstić information content (AvgIpc) is 3.16. The fourth-order valence-corrected chi connectivity index (χ4v) is 3.30. The highest BCUT2D eigenvalue weighted by Gasteiger charge is 2.29. The van der Waals surface area contributed by atoms with Crippen LogP contribution in [0.5, 0.6) is 0 Å². The lowest BCUT2D eigenvalue weighted by Crippen LogP contribution is -2.30. The van der Waals surface area contributed by atoms with Gasteiger partial charge < -0.3 is 19.5 Å². The molecule has 3 aromatic rings. The number of aromatic nitrogens is 1. The number of benzene rings is 1. The maximum absolute atomic E-state index is 11.1. The monoisotopic (exact) mass is 310 g/mol. The van der Waals surface area contributed by atoms with E-state index in [4.69, 9.17) is 9.15 Å². The Kier molecular flexibility index (Phi) is 3.42. The molecule has 0 saturated carbocycles. The molecule has 0 saturated heterocycles. The molecular formula is C18H18N2O3. The molecule has 0 radical (unpaired) electrons. The normalized spacial score (nSPS) is 17.2. The lowest BCUT2D eigenvalue weighted by molar-refractivity contribution is -0.142. The fourth-order valence-electron chi connectivity index (χ4n) is 3.30. The Hall–Kier alpha value is -2.53. The minimum atomic E-state index is -0.292. The first-order valence-electron chi connectivity index (χ1n) is 7.76. The van der Waals surface area contributed by atoms with Crippen LogP contribution in [0.1, 0.15) is 35.5 Å². The van der Waals surface area contributed by atoms with Crippen molar-refractivity contribution in [2.75, 3.05) is 6.54 Å². The van der Waals surface area contributed by atoms with Crippen LogP contribution < -0.4 is 5.32 Å². The summed E-state index contributed by atoms with van der Waals surface area (Å²) in [6.45, 7) is 2.52. The summed E-state index contributed by atoms with van der Waals surface area (Å²) in [5.74, 6) is 0.513. The highest BCUT2D eigenvalue weighted by atomic mass is 16.5. The molecule has 1 aliphatic rings. The van der Waals surface area contributed by atoms with Crippen molar-refractivity contribution >= 4 is 16.9 Å². The second-order valence-electron chi connectivity index (χ2n) is 5.79. The Balaban J connectivity index is 1.75. The van der Waals surface area contributed by atoms with Crippen molar-refractivity contribution in [1.29, 1.82) is 0 Å². The lowest BCUT2D eigenvalue weighted by Gasteiger charge is -2.23. The number of carbonyl (C=O) groups is 1. The molecule has 0 fully saturated rings. The van der Waals surface area contributed by atoms with Gasteiger partial charge in [-0.05, 0) is 24.1 Å². The quantitative estimate of drug-likeness (QED) is 0.730. The van der Waals surface area contributed by atoms with Gasteiger partial charge in [0.05, 0.1) is 6.26 Å². The second-order valence-corrected chi connectivity index (χ2v) is 5.79. The van der Waals surface area contributed by atoms with Crippen LogP contribution >= 0.6 is 0 Å². The summed E-state index contributed by atoms with van der Waals surface area (Å²) >= 11 is 0. The molecule has 1 aromatic carbocycles. The number of para-hydroxylation sites is 1. The third-order valence-electron chi connectivity index (χ3n) is 4.33. The molecule has 3 heterocycles. The second kappa shape index (κ2) is 5.59. The number of esters is 1. The minimum absolute atomic E-state index is 0.0493. The van der Waals surface area contributed by atoms with Crippen LogP contribution in [0.15, 0.2) is 41.0 Å². The summed E-state index contributed by atoms with van der Waals surface area (Å²) in [4.78, 5) is 14.6. The Morgan fingerprint density at radius 3 is 3.09 bits per heavy atom. The number of hydrogen-bond donors (Lipinski definition) is 2. The number of fused-ring (bicyclic) bond motifs is 3. The van der Waals surface area contributed by atoms with Crippen molar-refractivity contribution in [3.05, 3.63) is 59.2 Å². The molecular weight excluding hydrogens is 292 g/mol.